The molecule has 0 spiro atoms. The van der Waals surface area contributed by atoms with Gasteiger partial charge in [0.25, 0.3) is 11.8 Å². The first kappa shape index (κ1) is 36.5. The molecule has 3 rings (SSSR count). The van der Waals surface area contributed by atoms with Gasteiger partial charge in [-0.05, 0) is 73.7 Å². The van der Waals surface area contributed by atoms with Gasteiger partial charge in [-0.25, -0.2) is 5.43 Å². The fraction of sp³-hybridized carbons (Fsp3) is 0.364. The van der Waals surface area contributed by atoms with E-state index in [4.69, 9.17) is 21.1 Å². The fourth-order valence-electron chi connectivity index (χ4n) is 4.47. The monoisotopic (exact) mass is 661 g/mol. The van der Waals surface area contributed by atoms with Crippen LogP contribution in [-0.4, -0.2) is 81.4 Å². The highest BCUT2D eigenvalue weighted by molar-refractivity contribution is 6.31. The summed E-state index contributed by atoms with van der Waals surface area (Å²) in [6, 6.07) is 15.1. The van der Waals surface area contributed by atoms with Gasteiger partial charge in [0.15, 0.2) is 0 Å². The Kier molecular flexibility index (Phi) is 14.0. The molecule has 0 heterocycles. The van der Waals surface area contributed by atoms with E-state index in [-0.39, 0.29) is 23.4 Å². The first-order chi connectivity index (χ1) is 21.9. The first-order valence-electron chi connectivity index (χ1n) is 14.7. The molecule has 9 nitrogen and oxygen atoms in total. The summed E-state index contributed by atoms with van der Waals surface area (Å²) in [6.45, 7) is 9.23. The van der Waals surface area contributed by atoms with Crippen molar-refractivity contribution in [2.75, 3.05) is 58.9 Å². The van der Waals surface area contributed by atoms with Gasteiger partial charge in [-0.2, -0.15) is 18.3 Å². The molecule has 0 saturated heterocycles. The highest BCUT2D eigenvalue weighted by Gasteiger charge is 2.33. The number of carbonyl (C=O) groups is 2. The van der Waals surface area contributed by atoms with Gasteiger partial charge in [-0.1, -0.05) is 43.6 Å². The van der Waals surface area contributed by atoms with Gasteiger partial charge < -0.3 is 24.6 Å². The van der Waals surface area contributed by atoms with E-state index < -0.39 is 28.6 Å². The number of hydrazone groups is 1. The molecule has 0 aromatic heterocycles. The number of likely N-dealkylation sites (N-methyl/N-ethyl adjacent to an activating group) is 2. The highest BCUT2D eigenvalue weighted by atomic mass is 35.5. The summed E-state index contributed by atoms with van der Waals surface area (Å²) < 4.78 is 50.3. The number of hydrogen-bond acceptors (Lipinski definition) is 7. The van der Waals surface area contributed by atoms with Gasteiger partial charge in [-0.3, -0.25) is 9.59 Å². The number of nitrogens with one attached hydrogen (secondary N) is 2. The van der Waals surface area contributed by atoms with Gasteiger partial charge in [0.1, 0.15) is 12.4 Å². The topological polar surface area (TPSA) is 95.5 Å². The Morgan fingerprint density at radius 3 is 2.43 bits per heavy atom. The average molecular weight is 662 g/mol. The fourth-order valence-corrected chi connectivity index (χ4v) is 4.69. The average Bonchev–Trinajstić information content (AvgIpc) is 3.02. The van der Waals surface area contributed by atoms with E-state index in [1.807, 2.05) is 13.1 Å². The maximum absolute atomic E-state index is 13.3. The maximum Gasteiger partial charge on any atom is 0.417 e. The van der Waals surface area contributed by atoms with Crippen molar-refractivity contribution in [3.8, 4) is 5.75 Å². The Balaban J connectivity index is 1.77. The van der Waals surface area contributed by atoms with Gasteiger partial charge in [0.2, 0.25) is 0 Å². The van der Waals surface area contributed by atoms with Crippen LogP contribution < -0.4 is 15.5 Å². The van der Waals surface area contributed by atoms with E-state index in [0.717, 1.165) is 50.1 Å². The number of benzene rings is 3. The predicted molar refractivity (Wildman–Crippen MR) is 174 cm³/mol. The lowest BCUT2D eigenvalue weighted by molar-refractivity contribution is -0.137. The Labute approximate surface area is 272 Å². The van der Waals surface area contributed by atoms with Crippen molar-refractivity contribution in [2.24, 2.45) is 5.10 Å². The number of alkyl halides is 3. The molecule has 0 saturated carbocycles. The second-order valence-corrected chi connectivity index (χ2v) is 10.8. The number of halogens is 4. The van der Waals surface area contributed by atoms with Crippen LogP contribution in [0.2, 0.25) is 5.02 Å². The minimum absolute atomic E-state index is 0.0276. The molecule has 0 aliphatic heterocycles. The number of hydrogen-bond donors (Lipinski definition) is 2. The third kappa shape index (κ3) is 11.1. The molecule has 0 aliphatic carbocycles. The van der Waals surface area contributed by atoms with Crippen LogP contribution in [0.4, 0.5) is 18.9 Å². The van der Waals surface area contributed by atoms with E-state index in [1.165, 1.54) is 25.3 Å². The summed E-state index contributed by atoms with van der Waals surface area (Å²) in [5.41, 5.74) is 2.93. The first-order valence-corrected chi connectivity index (χ1v) is 15.1. The Bertz CT molecular complexity index is 1500. The van der Waals surface area contributed by atoms with E-state index in [1.54, 1.807) is 24.3 Å². The van der Waals surface area contributed by atoms with E-state index >= 15 is 0 Å². The lowest BCUT2D eigenvalue weighted by Gasteiger charge is -2.23. The minimum Gasteiger partial charge on any atom is -0.491 e. The molecule has 0 unspecified atom stereocenters. The van der Waals surface area contributed by atoms with Crippen LogP contribution in [0.1, 0.15) is 51.3 Å². The molecule has 2 amide bonds. The van der Waals surface area contributed by atoms with Crippen LogP contribution in [0, 0.1) is 0 Å². The quantitative estimate of drug-likeness (QED) is 0.108. The molecule has 46 heavy (non-hydrogen) atoms. The number of nitrogens with zero attached hydrogens (tertiary/aromatic N) is 3. The van der Waals surface area contributed by atoms with Gasteiger partial charge in [0, 0.05) is 32.3 Å². The number of ether oxygens (including phenoxy) is 2. The summed E-state index contributed by atoms with van der Waals surface area (Å²) in [7, 11) is 3.55. The Morgan fingerprint density at radius 2 is 1.74 bits per heavy atom. The molecule has 3 aromatic carbocycles. The third-order valence-corrected chi connectivity index (χ3v) is 7.38. The molecule has 0 atom stereocenters. The lowest BCUT2D eigenvalue weighted by atomic mass is 10.1. The second-order valence-electron chi connectivity index (χ2n) is 10.4. The van der Waals surface area contributed by atoms with Crippen molar-refractivity contribution < 1.29 is 32.2 Å². The molecule has 248 valence electrons. The van der Waals surface area contributed by atoms with Crippen LogP contribution in [0.5, 0.6) is 5.75 Å². The largest absolute Gasteiger partial charge is 0.491 e. The van der Waals surface area contributed by atoms with E-state index in [0.29, 0.717) is 24.5 Å². The van der Waals surface area contributed by atoms with Crippen LogP contribution in [0.3, 0.4) is 0 Å². The van der Waals surface area contributed by atoms with Crippen molar-refractivity contribution in [1.82, 2.24) is 15.2 Å². The Morgan fingerprint density at radius 1 is 0.978 bits per heavy atom. The zero-order valence-corrected chi connectivity index (χ0v) is 27.0. The number of methoxy groups -OCH3 is 1. The number of anilines is 1. The van der Waals surface area contributed by atoms with Crippen LogP contribution in [0.25, 0.3) is 0 Å². The maximum atomic E-state index is 13.3. The lowest BCUT2D eigenvalue weighted by Crippen LogP contribution is -2.32. The number of rotatable bonds is 16. The molecular weight excluding hydrogens is 623 g/mol. The van der Waals surface area contributed by atoms with Crippen molar-refractivity contribution in [3.05, 3.63) is 93.5 Å². The summed E-state index contributed by atoms with van der Waals surface area (Å²) in [4.78, 5) is 31.0. The summed E-state index contributed by atoms with van der Waals surface area (Å²) >= 11 is 5.68. The minimum atomic E-state index is -4.65. The van der Waals surface area contributed by atoms with Crippen molar-refractivity contribution >= 4 is 35.3 Å². The molecular formula is C33H39ClF3N5O4. The normalized spacial score (nSPS) is 11.8. The van der Waals surface area contributed by atoms with Crippen LogP contribution in [0.15, 0.2) is 65.8 Å². The van der Waals surface area contributed by atoms with E-state index in [9.17, 15) is 22.8 Å². The number of carbonyl (C=O) groups excluding carboxylic acids is 2. The zero-order valence-electron chi connectivity index (χ0n) is 26.3. The van der Waals surface area contributed by atoms with Gasteiger partial charge >= 0.3 is 6.18 Å². The van der Waals surface area contributed by atoms with Crippen molar-refractivity contribution in [2.45, 2.75) is 26.6 Å². The van der Waals surface area contributed by atoms with E-state index in [2.05, 4.69) is 39.5 Å². The standard InChI is InChI=1S/C33H39ClF3N5O4/c1-5-42(6-2)15-14-41(3)22-24-8-7-9-25(18-24)31(43)39-30-13-11-26(46-17-16-45-4)20-27(30)32(44)40-38-21-23-10-12-29(34)28(19-23)33(35,36)37/h7-13,18-21H,5-6,14-17,22H2,1-4H3,(H,39,43)(H,40,44). The molecule has 3 aromatic rings. The molecule has 0 aliphatic rings. The molecule has 0 bridgehead atoms. The van der Waals surface area contributed by atoms with Crippen LogP contribution >= 0.6 is 11.6 Å². The van der Waals surface area contributed by atoms with Gasteiger partial charge in [0.05, 0.1) is 34.7 Å². The SMILES string of the molecule is CCN(CC)CCN(C)Cc1cccc(C(=O)Nc2ccc(OCCOC)cc2C(=O)NN=Cc2ccc(Cl)c(C(F)(F)F)c2)c1. The van der Waals surface area contributed by atoms with Gasteiger partial charge in [-0.15, -0.1) is 0 Å². The second kappa shape index (κ2) is 17.7. The van der Waals surface area contributed by atoms with Crippen molar-refractivity contribution in [3.63, 3.8) is 0 Å². The summed E-state index contributed by atoms with van der Waals surface area (Å²) in [5, 5.41) is 6.15. The Hall–Kier alpha value is -3.97. The molecule has 0 radical (unpaired) electrons. The molecule has 2 N–H and O–H groups in total. The molecule has 0 fully saturated rings. The predicted octanol–water partition coefficient (Wildman–Crippen LogP) is 6.17. The molecule has 13 heteroatoms. The summed E-state index contributed by atoms with van der Waals surface area (Å²) in [5.74, 6) is -0.817. The van der Waals surface area contributed by atoms with Crippen molar-refractivity contribution in [1.29, 1.82) is 0 Å². The number of amides is 2. The van der Waals surface area contributed by atoms with Crippen LogP contribution in [-0.2, 0) is 17.5 Å². The third-order valence-electron chi connectivity index (χ3n) is 7.05. The zero-order chi connectivity index (χ0) is 33.7. The smallest absolute Gasteiger partial charge is 0.417 e. The summed E-state index contributed by atoms with van der Waals surface area (Å²) in [6.07, 6.45) is -3.59. The highest BCUT2D eigenvalue weighted by Crippen LogP contribution is 2.35.